The van der Waals surface area contributed by atoms with Crippen molar-refractivity contribution < 1.29 is 9.72 Å². The number of carbonyl (C=O) groups is 1. The fourth-order valence-electron chi connectivity index (χ4n) is 1.59. The molecule has 6 nitrogen and oxygen atoms in total. The number of nitrogens with two attached hydrogens (primary N) is 1. The first kappa shape index (κ1) is 15.4. The van der Waals surface area contributed by atoms with Gasteiger partial charge in [-0.25, -0.2) is 0 Å². The molecule has 0 saturated heterocycles. The van der Waals surface area contributed by atoms with Crippen molar-refractivity contribution in [3.8, 4) is 0 Å². The lowest BCUT2D eigenvalue weighted by Crippen LogP contribution is -2.16. The molecule has 0 spiro atoms. The Kier molecular flexibility index (Phi) is 6.24. The number of nitro groups is 1. The molecule has 1 aromatic carbocycles. The zero-order chi connectivity index (χ0) is 14.3. The summed E-state index contributed by atoms with van der Waals surface area (Å²) in [6.45, 7) is 1.25. The number of hydrogen-bond acceptors (Lipinski definition) is 4. The summed E-state index contributed by atoms with van der Waals surface area (Å²) in [7, 11) is 0. The van der Waals surface area contributed by atoms with Crippen molar-refractivity contribution in [3.05, 3.63) is 38.9 Å². The highest BCUT2D eigenvalue weighted by molar-refractivity contribution is 6.32. The highest BCUT2D eigenvalue weighted by Gasteiger charge is 2.12. The number of rotatable bonds is 8. The highest BCUT2D eigenvalue weighted by Crippen LogP contribution is 2.24. The zero-order valence-corrected chi connectivity index (χ0v) is 11.2. The Labute approximate surface area is 116 Å². The van der Waals surface area contributed by atoms with Crippen LogP contribution in [0.2, 0.25) is 5.02 Å². The van der Waals surface area contributed by atoms with Crippen molar-refractivity contribution in [2.24, 2.45) is 5.73 Å². The quantitative estimate of drug-likeness (QED) is 0.433. The van der Waals surface area contributed by atoms with Gasteiger partial charge in [-0.15, -0.1) is 0 Å². The second-order valence-corrected chi connectivity index (χ2v) is 4.55. The minimum atomic E-state index is -0.501. The number of nitro benzene ring substituents is 1. The molecule has 0 aliphatic carbocycles. The summed E-state index contributed by atoms with van der Waals surface area (Å²) < 4.78 is 0. The van der Waals surface area contributed by atoms with Crippen molar-refractivity contribution in [2.75, 3.05) is 6.54 Å². The van der Waals surface area contributed by atoms with Gasteiger partial charge in [0.2, 0.25) is 5.91 Å². The maximum Gasteiger partial charge on any atom is 0.288 e. The Hall–Kier alpha value is -1.66. The van der Waals surface area contributed by atoms with Crippen LogP contribution in [0.1, 0.15) is 24.8 Å². The predicted molar refractivity (Wildman–Crippen MR) is 72.9 cm³/mol. The molecule has 0 saturated carbocycles. The Morgan fingerprint density at radius 2 is 2.16 bits per heavy atom. The van der Waals surface area contributed by atoms with Gasteiger partial charge in [-0.2, -0.15) is 0 Å². The van der Waals surface area contributed by atoms with Gasteiger partial charge in [-0.05, 0) is 31.0 Å². The van der Waals surface area contributed by atoms with Gasteiger partial charge < -0.3 is 11.1 Å². The van der Waals surface area contributed by atoms with E-state index in [0.29, 0.717) is 13.0 Å². The van der Waals surface area contributed by atoms with E-state index in [-0.39, 0.29) is 16.6 Å². The molecule has 0 atom stereocenters. The number of primary amides is 1. The first-order chi connectivity index (χ1) is 9.00. The number of halogens is 1. The summed E-state index contributed by atoms with van der Waals surface area (Å²) in [5, 5.41) is 14.0. The molecular formula is C12H16ClN3O3. The second kappa shape index (κ2) is 7.70. The minimum Gasteiger partial charge on any atom is -0.370 e. The van der Waals surface area contributed by atoms with Crippen molar-refractivity contribution in [3.63, 3.8) is 0 Å². The number of benzene rings is 1. The van der Waals surface area contributed by atoms with E-state index in [4.69, 9.17) is 17.3 Å². The van der Waals surface area contributed by atoms with Crippen LogP contribution in [0.15, 0.2) is 18.2 Å². The minimum absolute atomic E-state index is 0.0882. The van der Waals surface area contributed by atoms with Gasteiger partial charge in [0.25, 0.3) is 5.69 Å². The van der Waals surface area contributed by atoms with Gasteiger partial charge in [-0.3, -0.25) is 14.9 Å². The van der Waals surface area contributed by atoms with E-state index in [1.54, 1.807) is 6.07 Å². The van der Waals surface area contributed by atoms with Crippen LogP contribution in [-0.2, 0) is 11.3 Å². The molecule has 0 fully saturated rings. The summed E-state index contributed by atoms with van der Waals surface area (Å²) in [6, 6.07) is 4.72. The molecular weight excluding hydrogens is 270 g/mol. The number of nitrogens with zero attached hydrogens (tertiary/aromatic N) is 1. The maximum atomic E-state index is 10.7. The molecule has 1 amide bonds. The summed E-state index contributed by atoms with van der Waals surface area (Å²) in [4.78, 5) is 20.7. The third-order valence-electron chi connectivity index (χ3n) is 2.56. The summed E-state index contributed by atoms with van der Waals surface area (Å²) in [5.74, 6) is -0.298. The van der Waals surface area contributed by atoms with Crippen molar-refractivity contribution in [1.29, 1.82) is 0 Å². The van der Waals surface area contributed by atoms with Gasteiger partial charge in [0.1, 0.15) is 5.02 Å². The molecule has 0 radical (unpaired) electrons. The fourth-order valence-corrected chi connectivity index (χ4v) is 1.78. The van der Waals surface area contributed by atoms with Gasteiger partial charge in [0, 0.05) is 19.0 Å². The monoisotopic (exact) mass is 285 g/mol. The third kappa shape index (κ3) is 5.67. The molecule has 1 aromatic rings. The van der Waals surface area contributed by atoms with E-state index in [9.17, 15) is 14.9 Å². The average Bonchev–Trinajstić information content (AvgIpc) is 2.34. The molecule has 0 aliphatic rings. The number of amides is 1. The Balaban J connectivity index is 2.35. The van der Waals surface area contributed by atoms with Crippen LogP contribution >= 0.6 is 11.6 Å². The van der Waals surface area contributed by atoms with Crippen LogP contribution in [0, 0.1) is 10.1 Å². The van der Waals surface area contributed by atoms with Crippen LogP contribution in [0.3, 0.4) is 0 Å². The van der Waals surface area contributed by atoms with E-state index in [1.807, 2.05) is 0 Å². The molecule has 1 rings (SSSR count). The number of hydrogen-bond donors (Lipinski definition) is 2. The molecule has 0 aliphatic heterocycles. The van der Waals surface area contributed by atoms with Crippen molar-refractivity contribution >= 4 is 23.2 Å². The van der Waals surface area contributed by atoms with Crippen LogP contribution in [0.25, 0.3) is 0 Å². The van der Waals surface area contributed by atoms with Crippen LogP contribution in [0.5, 0.6) is 0 Å². The first-order valence-corrected chi connectivity index (χ1v) is 6.30. The Morgan fingerprint density at radius 3 is 2.79 bits per heavy atom. The molecule has 0 heterocycles. The van der Waals surface area contributed by atoms with E-state index in [1.165, 1.54) is 12.1 Å². The van der Waals surface area contributed by atoms with Crippen LogP contribution in [0.4, 0.5) is 5.69 Å². The van der Waals surface area contributed by atoms with Gasteiger partial charge >= 0.3 is 0 Å². The standard InChI is InChI=1S/C12H16ClN3O3/c13-10-5-4-9(7-11(10)16(18)19)8-15-6-2-1-3-12(14)17/h4-5,7,15H,1-3,6,8H2,(H2,14,17). The van der Waals surface area contributed by atoms with Gasteiger partial charge in [0.15, 0.2) is 0 Å². The molecule has 104 valence electrons. The largest absolute Gasteiger partial charge is 0.370 e. The second-order valence-electron chi connectivity index (χ2n) is 4.14. The predicted octanol–water partition coefficient (Wildman–Crippen LogP) is 1.99. The van der Waals surface area contributed by atoms with Crippen LogP contribution in [-0.4, -0.2) is 17.4 Å². The van der Waals surface area contributed by atoms with Gasteiger partial charge in [-0.1, -0.05) is 17.7 Å². The SMILES string of the molecule is NC(=O)CCCCNCc1ccc(Cl)c([N+](=O)[O-])c1. The summed E-state index contributed by atoms with van der Waals surface area (Å²) in [6.07, 6.45) is 1.95. The highest BCUT2D eigenvalue weighted by atomic mass is 35.5. The fraction of sp³-hybridized carbons (Fsp3) is 0.417. The lowest BCUT2D eigenvalue weighted by molar-refractivity contribution is -0.384. The first-order valence-electron chi connectivity index (χ1n) is 5.92. The number of unbranched alkanes of at least 4 members (excludes halogenated alkanes) is 1. The molecule has 7 heteroatoms. The van der Waals surface area contributed by atoms with Crippen molar-refractivity contribution in [2.45, 2.75) is 25.8 Å². The Morgan fingerprint density at radius 1 is 1.42 bits per heavy atom. The topological polar surface area (TPSA) is 98.3 Å². The lowest BCUT2D eigenvalue weighted by atomic mass is 10.2. The molecule has 3 N–H and O–H groups in total. The maximum absolute atomic E-state index is 10.7. The summed E-state index contributed by atoms with van der Waals surface area (Å²) >= 11 is 5.72. The molecule has 0 unspecified atom stereocenters. The van der Waals surface area contributed by atoms with E-state index in [2.05, 4.69) is 5.32 Å². The summed E-state index contributed by atoms with van der Waals surface area (Å²) in [5.41, 5.74) is 5.73. The normalized spacial score (nSPS) is 10.4. The molecule has 19 heavy (non-hydrogen) atoms. The van der Waals surface area contributed by atoms with Crippen molar-refractivity contribution in [1.82, 2.24) is 5.32 Å². The molecule has 0 bridgehead atoms. The van der Waals surface area contributed by atoms with E-state index < -0.39 is 4.92 Å². The average molecular weight is 286 g/mol. The Bertz CT molecular complexity index is 466. The van der Waals surface area contributed by atoms with E-state index >= 15 is 0 Å². The van der Waals surface area contributed by atoms with Crippen LogP contribution < -0.4 is 11.1 Å². The van der Waals surface area contributed by atoms with E-state index in [0.717, 1.165) is 24.9 Å². The third-order valence-corrected chi connectivity index (χ3v) is 2.88. The van der Waals surface area contributed by atoms with Gasteiger partial charge in [0.05, 0.1) is 4.92 Å². The lowest BCUT2D eigenvalue weighted by Gasteiger charge is -2.05. The molecule has 0 aromatic heterocycles. The smallest absolute Gasteiger partial charge is 0.288 e. The zero-order valence-electron chi connectivity index (χ0n) is 10.4. The number of nitrogens with one attached hydrogen (secondary N) is 1. The number of carbonyl (C=O) groups excluding carboxylic acids is 1.